The molecule has 3 nitrogen and oxygen atoms in total. The summed E-state index contributed by atoms with van der Waals surface area (Å²) in [4.78, 5) is 12.1. The molecule has 1 aliphatic rings. The lowest BCUT2D eigenvalue weighted by Gasteiger charge is -2.15. The van der Waals surface area contributed by atoms with Gasteiger partial charge in [0.25, 0.3) is 5.91 Å². The van der Waals surface area contributed by atoms with Gasteiger partial charge < -0.3 is 10.6 Å². The van der Waals surface area contributed by atoms with Crippen LogP contribution in [0.2, 0.25) is 0 Å². The summed E-state index contributed by atoms with van der Waals surface area (Å²) in [6, 6.07) is 3.14. The summed E-state index contributed by atoms with van der Waals surface area (Å²) in [5.74, 6) is 0.601. The third kappa shape index (κ3) is 4.06. The molecule has 0 aromatic heterocycles. The number of carbonyl (C=O) groups is 1. The van der Waals surface area contributed by atoms with E-state index in [0.29, 0.717) is 17.5 Å². The molecular formula is C14H17F3N2OS. The van der Waals surface area contributed by atoms with Crippen molar-refractivity contribution in [2.45, 2.75) is 24.3 Å². The van der Waals surface area contributed by atoms with Crippen LogP contribution in [0.15, 0.2) is 18.2 Å². The molecule has 1 fully saturated rings. The first kappa shape index (κ1) is 16.0. The Balaban J connectivity index is 2.13. The summed E-state index contributed by atoms with van der Waals surface area (Å²) in [5, 5.41) is 5.84. The molecule has 0 spiro atoms. The molecule has 2 N–H and O–H groups in total. The fraction of sp³-hybridized carbons (Fsp3) is 0.500. The highest BCUT2D eigenvalue weighted by molar-refractivity contribution is 8.00. The minimum Gasteiger partial charge on any atom is -0.387 e. The highest BCUT2D eigenvalue weighted by atomic mass is 32.2. The molecule has 0 saturated carbocycles. The fourth-order valence-electron chi connectivity index (χ4n) is 2.23. The van der Waals surface area contributed by atoms with Gasteiger partial charge in [-0.2, -0.15) is 24.9 Å². The van der Waals surface area contributed by atoms with Crippen LogP contribution in [0.5, 0.6) is 0 Å². The number of halogens is 3. The van der Waals surface area contributed by atoms with Crippen LogP contribution < -0.4 is 10.6 Å². The summed E-state index contributed by atoms with van der Waals surface area (Å²) in [6.45, 7) is 0.489. The molecule has 1 unspecified atom stereocenters. The lowest BCUT2D eigenvalue weighted by atomic mass is 10.1. The predicted octanol–water partition coefficient (Wildman–Crippen LogP) is 3.37. The topological polar surface area (TPSA) is 41.1 Å². The van der Waals surface area contributed by atoms with Crippen LogP contribution in [0.25, 0.3) is 0 Å². The van der Waals surface area contributed by atoms with Crippen molar-refractivity contribution in [1.82, 2.24) is 5.32 Å². The van der Waals surface area contributed by atoms with Gasteiger partial charge >= 0.3 is 6.18 Å². The van der Waals surface area contributed by atoms with E-state index in [4.69, 9.17) is 0 Å². The maximum absolute atomic E-state index is 12.7. The number of amides is 1. The summed E-state index contributed by atoms with van der Waals surface area (Å²) in [7, 11) is 1.58. The number of anilines is 1. The van der Waals surface area contributed by atoms with Crippen molar-refractivity contribution in [3.05, 3.63) is 29.3 Å². The Labute approximate surface area is 125 Å². The van der Waals surface area contributed by atoms with E-state index in [-0.39, 0.29) is 5.56 Å². The lowest BCUT2D eigenvalue weighted by molar-refractivity contribution is -0.137. The molecule has 1 aliphatic heterocycles. The predicted molar refractivity (Wildman–Crippen MR) is 78.8 cm³/mol. The largest absolute Gasteiger partial charge is 0.416 e. The molecule has 21 heavy (non-hydrogen) atoms. The van der Waals surface area contributed by atoms with Gasteiger partial charge in [-0.25, -0.2) is 0 Å². The quantitative estimate of drug-likeness (QED) is 0.894. The van der Waals surface area contributed by atoms with Crippen LogP contribution in [-0.4, -0.2) is 30.5 Å². The SMILES string of the molecule is CNc1ccc(C(F)(F)F)cc1C(=O)NCC1CCCS1. The van der Waals surface area contributed by atoms with E-state index in [0.717, 1.165) is 30.7 Å². The first-order valence-corrected chi connectivity index (χ1v) is 7.75. The van der Waals surface area contributed by atoms with Crippen molar-refractivity contribution in [3.8, 4) is 0 Å². The maximum Gasteiger partial charge on any atom is 0.416 e. The van der Waals surface area contributed by atoms with Gasteiger partial charge in [0.1, 0.15) is 0 Å². The van der Waals surface area contributed by atoms with Gasteiger partial charge in [-0.3, -0.25) is 4.79 Å². The normalized spacial score (nSPS) is 18.6. The molecule has 0 aliphatic carbocycles. The molecule has 7 heteroatoms. The van der Waals surface area contributed by atoms with Crippen LogP contribution in [0.3, 0.4) is 0 Å². The standard InChI is InChI=1S/C14H17F3N2OS/c1-18-12-5-4-9(14(15,16)17)7-11(12)13(20)19-8-10-3-2-6-21-10/h4-5,7,10,18H,2-3,6,8H2,1H3,(H,19,20). The highest BCUT2D eigenvalue weighted by Gasteiger charge is 2.31. The fourth-order valence-corrected chi connectivity index (χ4v) is 3.43. The van der Waals surface area contributed by atoms with Crippen molar-refractivity contribution < 1.29 is 18.0 Å². The van der Waals surface area contributed by atoms with Gasteiger partial charge in [0.15, 0.2) is 0 Å². The number of rotatable bonds is 4. The molecule has 1 aromatic rings. The molecule has 0 radical (unpaired) electrons. The molecule has 2 rings (SSSR count). The molecular weight excluding hydrogens is 301 g/mol. The van der Waals surface area contributed by atoms with Crippen molar-refractivity contribution >= 4 is 23.4 Å². The van der Waals surface area contributed by atoms with Crippen molar-refractivity contribution in [3.63, 3.8) is 0 Å². The number of carbonyl (C=O) groups excluding carboxylic acids is 1. The average Bonchev–Trinajstić information content (AvgIpc) is 2.96. The maximum atomic E-state index is 12.7. The molecule has 116 valence electrons. The zero-order valence-electron chi connectivity index (χ0n) is 11.6. The Morgan fingerprint density at radius 3 is 2.76 bits per heavy atom. The number of hydrogen-bond acceptors (Lipinski definition) is 3. The number of benzene rings is 1. The van der Waals surface area contributed by atoms with Gasteiger partial charge in [-0.1, -0.05) is 0 Å². The molecule has 1 atom stereocenters. The zero-order valence-corrected chi connectivity index (χ0v) is 12.4. The summed E-state index contributed by atoms with van der Waals surface area (Å²) >= 11 is 1.79. The van der Waals surface area contributed by atoms with Gasteiger partial charge in [-0.05, 0) is 36.8 Å². The number of hydrogen-bond donors (Lipinski definition) is 2. The Morgan fingerprint density at radius 2 is 2.19 bits per heavy atom. The van der Waals surface area contributed by atoms with E-state index in [1.54, 1.807) is 18.8 Å². The average molecular weight is 318 g/mol. The van der Waals surface area contributed by atoms with Crippen molar-refractivity contribution in [1.29, 1.82) is 0 Å². The first-order chi connectivity index (χ1) is 9.91. The van der Waals surface area contributed by atoms with Crippen LogP contribution in [0.1, 0.15) is 28.8 Å². The second-order valence-corrected chi connectivity index (χ2v) is 6.26. The number of alkyl halides is 3. The Morgan fingerprint density at radius 1 is 1.43 bits per heavy atom. The van der Waals surface area contributed by atoms with Crippen LogP contribution >= 0.6 is 11.8 Å². The Kier molecular flexibility index (Phi) is 5.03. The van der Waals surface area contributed by atoms with Gasteiger partial charge in [0.2, 0.25) is 0 Å². The monoisotopic (exact) mass is 318 g/mol. The van der Waals surface area contributed by atoms with E-state index in [9.17, 15) is 18.0 Å². The minimum absolute atomic E-state index is 0.0234. The molecule has 1 aromatic carbocycles. The summed E-state index contributed by atoms with van der Waals surface area (Å²) in [6.07, 6.45) is -2.30. The van der Waals surface area contributed by atoms with E-state index in [2.05, 4.69) is 10.6 Å². The van der Waals surface area contributed by atoms with Gasteiger partial charge in [0, 0.05) is 24.5 Å². The Bertz CT molecular complexity index is 513. The van der Waals surface area contributed by atoms with Crippen LogP contribution in [0, 0.1) is 0 Å². The minimum atomic E-state index is -4.46. The third-order valence-corrected chi connectivity index (χ3v) is 4.77. The van der Waals surface area contributed by atoms with Crippen LogP contribution in [0.4, 0.5) is 18.9 Å². The molecule has 0 bridgehead atoms. The smallest absolute Gasteiger partial charge is 0.387 e. The second kappa shape index (κ2) is 6.60. The van der Waals surface area contributed by atoms with Crippen molar-refractivity contribution in [2.75, 3.05) is 24.7 Å². The van der Waals surface area contributed by atoms with E-state index < -0.39 is 17.6 Å². The van der Waals surface area contributed by atoms with Gasteiger partial charge in [-0.15, -0.1) is 0 Å². The lowest BCUT2D eigenvalue weighted by Crippen LogP contribution is -2.30. The number of nitrogens with one attached hydrogen (secondary N) is 2. The van der Waals surface area contributed by atoms with E-state index in [1.807, 2.05) is 0 Å². The third-order valence-electron chi connectivity index (χ3n) is 3.38. The molecule has 1 amide bonds. The first-order valence-electron chi connectivity index (χ1n) is 6.70. The molecule has 1 heterocycles. The zero-order chi connectivity index (χ0) is 15.5. The van der Waals surface area contributed by atoms with Crippen molar-refractivity contribution in [2.24, 2.45) is 0 Å². The van der Waals surface area contributed by atoms with Crippen LogP contribution in [-0.2, 0) is 6.18 Å². The second-order valence-electron chi connectivity index (χ2n) is 4.85. The number of thioether (sulfide) groups is 1. The van der Waals surface area contributed by atoms with Gasteiger partial charge in [0.05, 0.1) is 11.1 Å². The summed E-state index contributed by atoms with van der Waals surface area (Å²) in [5.41, 5.74) is -0.406. The Hall–Kier alpha value is -1.37. The van der Waals surface area contributed by atoms with E-state index >= 15 is 0 Å². The molecule has 1 saturated heterocycles. The van der Waals surface area contributed by atoms with E-state index in [1.165, 1.54) is 6.07 Å². The summed E-state index contributed by atoms with van der Waals surface area (Å²) < 4.78 is 38.2. The highest BCUT2D eigenvalue weighted by Crippen LogP contribution is 2.32.